The summed E-state index contributed by atoms with van der Waals surface area (Å²) in [5, 5.41) is 9.36. The summed E-state index contributed by atoms with van der Waals surface area (Å²) in [6, 6.07) is 10.7. The van der Waals surface area contributed by atoms with E-state index in [0.717, 1.165) is 24.3 Å². The Bertz CT molecular complexity index is 1070. The number of anilines is 1. The molecule has 0 atom stereocenters. The highest BCUT2D eigenvalue weighted by Gasteiger charge is 2.18. The molecule has 6 heteroatoms. The zero-order valence-electron chi connectivity index (χ0n) is 15.6. The van der Waals surface area contributed by atoms with Crippen molar-refractivity contribution in [3.8, 4) is 28.7 Å². The summed E-state index contributed by atoms with van der Waals surface area (Å²) in [5.41, 5.74) is 8.27. The highest BCUT2D eigenvalue weighted by molar-refractivity contribution is 5.81. The molecule has 0 aliphatic heterocycles. The first-order chi connectivity index (χ1) is 13.7. The third-order valence-electron chi connectivity index (χ3n) is 5.46. The van der Waals surface area contributed by atoms with Crippen molar-refractivity contribution in [1.29, 1.82) is 5.26 Å². The van der Waals surface area contributed by atoms with Crippen molar-refractivity contribution >= 4 is 5.82 Å². The van der Waals surface area contributed by atoms with Crippen molar-refractivity contribution in [3.05, 3.63) is 58.7 Å². The predicted octanol–water partition coefficient (Wildman–Crippen LogP) is 4.20. The Morgan fingerprint density at radius 2 is 2.18 bits per heavy atom. The SMILES string of the molecule is N#Cc1cc(-c2ccc(=O)n(CCCC3CCC3)c2)c(-c2ccco2)nc1N. The van der Waals surface area contributed by atoms with Crippen LogP contribution in [0.3, 0.4) is 0 Å². The molecule has 3 heterocycles. The van der Waals surface area contributed by atoms with E-state index in [4.69, 9.17) is 10.2 Å². The maximum absolute atomic E-state index is 12.3. The van der Waals surface area contributed by atoms with Crippen molar-refractivity contribution < 1.29 is 4.42 Å². The number of nitriles is 1. The number of hydrogen-bond donors (Lipinski definition) is 1. The molecule has 1 aliphatic carbocycles. The third-order valence-corrected chi connectivity index (χ3v) is 5.46. The number of aromatic nitrogens is 2. The third kappa shape index (κ3) is 3.56. The van der Waals surface area contributed by atoms with Crippen LogP contribution in [0.4, 0.5) is 5.82 Å². The zero-order chi connectivity index (χ0) is 19.5. The molecule has 0 bridgehead atoms. The van der Waals surface area contributed by atoms with Crippen LogP contribution in [0, 0.1) is 17.2 Å². The molecule has 1 aliphatic rings. The first kappa shape index (κ1) is 18.1. The van der Waals surface area contributed by atoms with Gasteiger partial charge in [0.05, 0.1) is 11.8 Å². The molecule has 0 radical (unpaired) electrons. The zero-order valence-corrected chi connectivity index (χ0v) is 15.6. The maximum Gasteiger partial charge on any atom is 0.250 e. The fourth-order valence-corrected chi connectivity index (χ4v) is 3.64. The Balaban J connectivity index is 1.70. The Morgan fingerprint density at radius 3 is 2.86 bits per heavy atom. The lowest BCUT2D eigenvalue weighted by atomic mass is 9.82. The fraction of sp³-hybridized carbons (Fsp3) is 0.318. The van der Waals surface area contributed by atoms with E-state index in [0.29, 0.717) is 29.1 Å². The lowest BCUT2D eigenvalue weighted by Crippen LogP contribution is -2.20. The molecule has 0 saturated heterocycles. The quantitative estimate of drug-likeness (QED) is 0.697. The highest BCUT2D eigenvalue weighted by atomic mass is 16.3. The molecule has 0 amide bonds. The second kappa shape index (κ2) is 7.73. The second-order valence-corrected chi connectivity index (χ2v) is 7.30. The summed E-state index contributed by atoms with van der Waals surface area (Å²) < 4.78 is 7.24. The van der Waals surface area contributed by atoms with Gasteiger partial charge in [0, 0.05) is 29.9 Å². The predicted molar refractivity (Wildman–Crippen MR) is 107 cm³/mol. The van der Waals surface area contributed by atoms with Gasteiger partial charge in [0.25, 0.3) is 5.56 Å². The van der Waals surface area contributed by atoms with E-state index in [1.165, 1.54) is 19.3 Å². The molecule has 6 nitrogen and oxygen atoms in total. The fourth-order valence-electron chi connectivity index (χ4n) is 3.64. The summed E-state index contributed by atoms with van der Waals surface area (Å²) in [6.45, 7) is 0.687. The Hall–Kier alpha value is -3.33. The summed E-state index contributed by atoms with van der Waals surface area (Å²) in [7, 11) is 0. The van der Waals surface area contributed by atoms with Gasteiger partial charge in [0.2, 0.25) is 0 Å². The van der Waals surface area contributed by atoms with Gasteiger partial charge in [-0.25, -0.2) is 4.98 Å². The number of furan rings is 1. The van der Waals surface area contributed by atoms with Crippen molar-refractivity contribution in [3.63, 3.8) is 0 Å². The highest BCUT2D eigenvalue weighted by Crippen LogP contribution is 2.33. The summed E-state index contributed by atoms with van der Waals surface area (Å²) in [6.07, 6.45) is 9.52. The number of nitrogens with two attached hydrogens (primary N) is 1. The lowest BCUT2D eigenvalue weighted by Gasteiger charge is -2.25. The van der Waals surface area contributed by atoms with E-state index >= 15 is 0 Å². The molecule has 1 saturated carbocycles. The average Bonchev–Trinajstić information content (AvgIpc) is 3.19. The molecule has 28 heavy (non-hydrogen) atoms. The molecule has 1 fully saturated rings. The van der Waals surface area contributed by atoms with Crippen LogP contribution in [0.2, 0.25) is 0 Å². The van der Waals surface area contributed by atoms with E-state index in [9.17, 15) is 10.1 Å². The van der Waals surface area contributed by atoms with Crippen LogP contribution in [-0.4, -0.2) is 9.55 Å². The van der Waals surface area contributed by atoms with E-state index in [-0.39, 0.29) is 11.4 Å². The first-order valence-corrected chi connectivity index (χ1v) is 9.61. The van der Waals surface area contributed by atoms with E-state index in [1.54, 1.807) is 41.2 Å². The average molecular weight is 374 g/mol. The minimum absolute atomic E-state index is 0.0270. The monoisotopic (exact) mass is 374 g/mol. The largest absolute Gasteiger partial charge is 0.463 e. The number of hydrogen-bond acceptors (Lipinski definition) is 5. The van der Waals surface area contributed by atoms with Crippen LogP contribution in [0.15, 0.2) is 52.0 Å². The number of rotatable bonds is 6. The van der Waals surface area contributed by atoms with Crippen LogP contribution in [0.5, 0.6) is 0 Å². The van der Waals surface area contributed by atoms with Crippen LogP contribution in [0.1, 0.15) is 37.7 Å². The number of nitrogen functional groups attached to an aromatic ring is 1. The lowest BCUT2D eigenvalue weighted by molar-refractivity contribution is 0.284. The summed E-state index contributed by atoms with van der Waals surface area (Å²) in [5.74, 6) is 1.55. The number of pyridine rings is 2. The second-order valence-electron chi connectivity index (χ2n) is 7.30. The smallest absolute Gasteiger partial charge is 0.250 e. The maximum atomic E-state index is 12.3. The number of nitrogens with zero attached hydrogens (tertiary/aromatic N) is 3. The van der Waals surface area contributed by atoms with Gasteiger partial charge in [-0.15, -0.1) is 0 Å². The standard InChI is InChI=1S/C22H22N4O2/c23-13-17-12-18(21(25-22(17)24)19-7-3-11-28-19)16-8-9-20(27)26(14-16)10-2-6-15-4-1-5-15/h3,7-9,11-12,14-15H,1-2,4-6,10H2,(H2,24,25). The molecule has 2 N–H and O–H groups in total. The Kier molecular flexibility index (Phi) is 4.98. The van der Waals surface area contributed by atoms with E-state index < -0.39 is 0 Å². The van der Waals surface area contributed by atoms with Gasteiger partial charge in [0.15, 0.2) is 5.76 Å². The van der Waals surface area contributed by atoms with Gasteiger partial charge in [-0.2, -0.15) is 5.26 Å². The van der Waals surface area contributed by atoms with Gasteiger partial charge in [-0.3, -0.25) is 4.79 Å². The topological polar surface area (TPSA) is 97.8 Å². The molecule has 0 spiro atoms. The van der Waals surface area contributed by atoms with Crippen LogP contribution in [0.25, 0.3) is 22.6 Å². The van der Waals surface area contributed by atoms with E-state index in [1.807, 2.05) is 6.20 Å². The summed E-state index contributed by atoms with van der Waals surface area (Å²) in [4.78, 5) is 16.7. The minimum atomic E-state index is -0.0270. The normalized spacial score (nSPS) is 13.8. The van der Waals surface area contributed by atoms with Crippen LogP contribution >= 0.6 is 0 Å². The Labute approximate surface area is 163 Å². The van der Waals surface area contributed by atoms with Crippen LogP contribution < -0.4 is 11.3 Å². The first-order valence-electron chi connectivity index (χ1n) is 9.61. The molecule has 3 aromatic rings. The van der Waals surface area contributed by atoms with Gasteiger partial charge in [-0.1, -0.05) is 19.3 Å². The minimum Gasteiger partial charge on any atom is -0.463 e. The molecule has 0 unspecified atom stereocenters. The van der Waals surface area contributed by atoms with Gasteiger partial charge in [-0.05, 0) is 43.0 Å². The van der Waals surface area contributed by atoms with Gasteiger partial charge in [0.1, 0.15) is 17.6 Å². The summed E-state index contributed by atoms with van der Waals surface area (Å²) >= 11 is 0. The van der Waals surface area contributed by atoms with Crippen molar-refractivity contribution in [2.24, 2.45) is 5.92 Å². The molecule has 142 valence electrons. The molecular weight excluding hydrogens is 352 g/mol. The molecule has 3 aromatic heterocycles. The van der Waals surface area contributed by atoms with Crippen molar-refractivity contribution in [2.75, 3.05) is 5.73 Å². The van der Waals surface area contributed by atoms with Gasteiger partial charge >= 0.3 is 0 Å². The molecular formula is C22H22N4O2. The Morgan fingerprint density at radius 1 is 1.32 bits per heavy atom. The molecule has 0 aromatic carbocycles. The van der Waals surface area contributed by atoms with Crippen molar-refractivity contribution in [2.45, 2.75) is 38.6 Å². The van der Waals surface area contributed by atoms with E-state index in [2.05, 4.69) is 11.1 Å². The van der Waals surface area contributed by atoms with Crippen molar-refractivity contribution in [1.82, 2.24) is 9.55 Å². The molecule has 4 rings (SSSR count). The number of aryl methyl sites for hydroxylation is 1. The van der Waals surface area contributed by atoms with Crippen LogP contribution in [-0.2, 0) is 6.54 Å². The van der Waals surface area contributed by atoms with Gasteiger partial charge < -0.3 is 14.7 Å².